The molecule has 0 aliphatic rings. The molecule has 1 heterocycles. The summed E-state index contributed by atoms with van der Waals surface area (Å²) in [4.78, 5) is 12.3. The van der Waals surface area contributed by atoms with Gasteiger partial charge in [-0.05, 0) is 24.6 Å². The molecule has 0 fully saturated rings. The number of carbonyl (C=O) groups is 1. The van der Waals surface area contributed by atoms with E-state index in [1.807, 2.05) is 6.92 Å². The van der Waals surface area contributed by atoms with Crippen LogP contribution in [-0.4, -0.2) is 45.0 Å². The minimum atomic E-state index is -0.309. The van der Waals surface area contributed by atoms with Crippen molar-refractivity contribution in [3.63, 3.8) is 0 Å². The molecule has 7 nitrogen and oxygen atoms in total. The van der Waals surface area contributed by atoms with Gasteiger partial charge in [-0.15, -0.1) is 0 Å². The summed E-state index contributed by atoms with van der Waals surface area (Å²) in [6.07, 6.45) is 0.758. The predicted molar refractivity (Wildman–Crippen MR) is 88.5 cm³/mol. The summed E-state index contributed by atoms with van der Waals surface area (Å²) >= 11 is 0. The first-order valence-corrected chi connectivity index (χ1v) is 7.61. The number of nitrogens with one attached hydrogen (secondary N) is 1. The molecule has 1 amide bonds. The standard InChI is InChI=1S/C17H22N2O5/c1-5-11(10-21-2)18-17(20)14-9-16(24-19-14)13-8-12(22-3)6-7-15(13)23-4/h6-9,11H,5,10H2,1-4H3,(H,18,20). The van der Waals surface area contributed by atoms with E-state index in [1.165, 1.54) is 0 Å². The zero-order valence-electron chi connectivity index (χ0n) is 14.3. The first-order chi connectivity index (χ1) is 11.6. The fraction of sp³-hybridized carbons (Fsp3) is 0.412. The molecular weight excluding hydrogens is 312 g/mol. The van der Waals surface area contributed by atoms with E-state index in [-0.39, 0.29) is 17.6 Å². The van der Waals surface area contributed by atoms with Gasteiger partial charge in [0.1, 0.15) is 11.5 Å². The normalized spacial score (nSPS) is 11.8. The smallest absolute Gasteiger partial charge is 0.273 e. The van der Waals surface area contributed by atoms with Crippen LogP contribution in [0, 0.1) is 0 Å². The number of carbonyl (C=O) groups excluding carboxylic acids is 1. The van der Waals surface area contributed by atoms with Gasteiger partial charge in [0, 0.05) is 13.2 Å². The van der Waals surface area contributed by atoms with Gasteiger partial charge in [-0.2, -0.15) is 0 Å². The Hall–Kier alpha value is -2.54. The summed E-state index contributed by atoms with van der Waals surface area (Å²) in [5.74, 6) is 1.37. The van der Waals surface area contributed by atoms with Crippen LogP contribution in [-0.2, 0) is 4.74 Å². The van der Waals surface area contributed by atoms with Crippen LogP contribution < -0.4 is 14.8 Å². The van der Waals surface area contributed by atoms with Gasteiger partial charge in [0.05, 0.1) is 32.4 Å². The highest BCUT2D eigenvalue weighted by Crippen LogP contribution is 2.33. The molecule has 24 heavy (non-hydrogen) atoms. The minimum Gasteiger partial charge on any atom is -0.497 e. The van der Waals surface area contributed by atoms with Crippen molar-refractivity contribution in [1.29, 1.82) is 0 Å². The third kappa shape index (κ3) is 4.05. The summed E-state index contributed by atoms with van der Waals surface area (Å²) in [7, 11) is 4.73. The van der Waals surface area contributed by atoms with Gasteiger partial charge in [-0.1, -0.05) is 12.1 Å². The van der Waals surface area contributed by atoms with Crippen LogP contribution in [0.3, 0.4) is 0 Å². The van der Waals surface area contributed by atoms with Crippen LogP contribution >= 0.6 is 0 Å². The first kappa shape index (κ1) is 17.8. The third-order valence-electron chi connectivity index (χ3n) is 3.61. The number of ether oxygens (including phenoxy) is 3. The highest BCUT2D eigenvalue weighted by molar-refractivity contribution is 5.93. The molecule has 1 N–H and O–H groups in total. The van der Waals surface area contributed by atoms with Crippen molar-refractivity contribution in [1.82, 2.24) is 10.5 Å². The van der Waals surface area contributed by atoms with Gasteiger partial charge in [0.25, 0.3) is 5.91 Å². The quantitative estimate of drug-likeness (QED) is 0.799. The molecule has 0 saturated heterocycles. The van der Waals surface area contributed by atoms with Crippen LogP contribution in [0.4, 0.5) is 0 Å². The van der Waals surface area contributed by atoms with Gasteiger partial charge >= 0.3 is 0 Å². The van der Waals surface area contributed by atoms with E-state index >= 15 is 0 Å². The van der Waals surface area contributed by atoms with Crippen LogP contribution in [0.5, 0.6) is 11.5 Å². The summed E-state index contributed by atoms with van der Waals surface area (Å²) in [5, 5.41) is 6.70. The predicted octanol–water partition coefficient (Wildman–Crippen LogP) is 2.51. The zero-order chi connectivity index (χ0) is 17.5. The topological polar surface area (TPSA) is 82.8 Å². The van der Waals surface area contributed by atoms with Crippen molar-refractivity contribution in [3.05, 3.63) is 30.0 Å². The van der Waals surface area contributed by atoms with Crippen molar-refractivity contribution < 1.29 is 23.5 Å². The summed E-state index contributed by atoms with van der Waals surface area (Å²) in [5.41, 5.74) is 0.858. The second-order valence-electron chi connectivity index (χ2n) is 5.18. The summed E-state index contributed by atoms with van der Waals surface area (Å²) < 4.78 is 20.9. The average molecular weight is 334 g/mol. The molecule has 1 atom stereocenters. The molecule has 130 valence electrons. The van der Waals surface area contributed by atoms with Crippen molar-refractivity contribution in [2.24, 2.45) is 0 Å². The maximum atomic E-state index is 12.3. The number of amides is 1. The molecule has 1 aromatic heterocycles. The van der Waals surface area contributed by atoms with Gasteiger partial charge in [0.15, 0.2) is 11.5 Å². The average Bonchev–Trinajstić information content (AvgIpc) is 3.10. The van der Waals surface area contributed by atoms with Crippen LogP contribution in [0.2, 0.25) is 0 Å². The largest absolute Gasteiger partial charge is 0.497 e. The Balaban J connectivity index is 2.23. The Morgan fingerprint density at radius 2 is 2.04 bits per heavy atom. The second-order valence-corrected chi connectivity index (χ2v) is 5.18. The number of nitrogens with zero attached hydrogens (tertiary/aromatic N) is 1. The van der Waals surface area contributed by atoms with E-state index < -0.39 is 0 Å². The van der Waals surface area contributed by atoms with E-state index in [1.54, 1.807) is 45.6 Å². The molecule has 0 spiro atoms. The molecule has 1 unspecified atom stereocenters. The van der Waals surface area contributed by atoms with E-state index in [0.717, 1.165) is 6.42 Å². The highest BCUT2D eigenvalue weighted by Gasteiger charge is 2.19. The van der Waals surface area contributed by atoms with E-state index in [4.69, 9.17) is 18.7 Å². The lowest BCUT2D eigenvalue weighted by Gasteiger charge is -2.14. The van der Waals surface area contributed by atoms with Gasteiger partial charge in [-0.3, -0.25) is 4.79 Å². The lowest BCUT2D eigenvalue weighted by molar-refractivity contribution is 0.0885. The molecule has 7 heteroatoms. The summed E-state index contributed by atoms with van der Waals surface area (Å²) in [6, 6.07) is 6.81. The minimum absolute atomic E-state index is 0.0750. The number of rotatable bonds is 8. The zero-order valence-corrected chi connectivity index (χ0v) is 14.3. The van der Waals surface area contributed by atoms with Crippen molar-refractivity contribution >= 4 is 5.91 Å². The number of aromatic nitrogens is 1. The molecule has 0 saturated carbocycles. The lowest BCUT2D eigenvalue weighted by Crippen LogP contribution is -2.37. The Morgan fingerprint density at radius 1 is 1.25 bits per heavy atom. The fourth-order valence-corrected chi connectivity index (χ4v) is 2.24. The van der Waals surface area contributed by atoms with Gasteiger partial charge < -0.3 is 24.1 Å². The van der Waals surface area contributed by atoms with Crippen molar-refractivity contribution in [2.75, 3.05) is 27.9 Å². The monoisotopic (exact) mass is 334 g/mol. The maximum absolute atomic E-state index is 12.3. The molecule has 2 rings (SSSR count). The van der Waals surface area contributed by atoms with Crippen molar-refractivity contribution in [3.8, 4) is 22.8 Å². The highest BCUT2D eigenvalue weighted by atomic mass is 16.5. The first-order valence-electron chi connectivity index (χ1n) is 7.61. The molecule has 0 radical (unpaired) electrons. The van der Waals surface area contributed by atoms with Gasteiger partial charge in [-0.25, -0.2) is 0 Å². The number of hydrogen-bond donors (Lipinski definition) is 1. The van der Waals surface area contributed by atoms with E-state index in [0.29, 0.717) is 29.4 Å². The molecule has 1 aromatic carbocycles. The Morgan fingerprint density at radius 3 is 2.67 bits per heavy atom. The molecular formula is C17H22N2O5. The molecule has 2 aromatic rings. The number of methoxy groups -OCH3 is 3. The Bertz CT molecular complexity index is 683. The number of hydrogen-bond acceptors (Lipinski definition) is 6. The van der Waals surface area contributed by atoms with Crippen LogP contribution in [0.15, 0.2) is 28.8 Å². The number of benzene rings is 1. The summed E-state index contributed by atoms with van der Waals surface area (Å²) in [6.45, 7) is 2.41. The van der Waals surface area contributed by atoms with Crippen LogP contribution in [0.1, 0.15) is 23.8 Å². The van der Waals surface area contributed by atoms with E-state index in [2.05, 4.69) is 10.5 Å². The molecule has 0 aliphatic heterocycles. The molecule has 0 bridgehead atoms. The fourth-order valence-electron chi connectivity index (χ4n) is 2.24. The second kappa shape index (κ2) is 8.35. The van der Waals surface area contributed by atoms with E-state index in [9.17, 15) is 4.79 Å². The SMILES string of the molecule is CCC(COC)NC(=O)c1cc(-c2cc(OC)ccc2OC)on1. The Kier molecular flexibility index (Phi) is 6.20. The Labute approximate surface area is 140 Å². The van der Waals surface area contributed by atoms with Gasteiger partial charge in [0.2, 0.25) is 0 Å². The maximum Gasteiger partial charge on any atom is 0.273 e. The van der Waals surface area contributed by atoms with Crippen molar-refractivity contribution in [2.45, 2.75) is 19.4 Å². The lowest BCUT2D eigenvalue weighted by atomic mass is 10.1. The molecule has 0 aliphatic carbocycles. The van der Waals surface area contributed by atoms with Crippen LogP contribution in [0.25, 0.3) is 11.3 Å². The third-order valence-corrected chi connectivity index (χ3v) is 3.61.